The van der Waals surface area contributed by atoms with Crippen molar-refractivity contribution in [3.8, 4) is 11.3 Å². The molecule has 0 saturated carbocycles. The lowest BCUT2D eigenvalue weighted by molar-refractivity contribution is -0.0415. The van der Waals surface area contributed by atoms with Crippen LogP contribution < -0.4 is 5.73 Å². The Bertz CT molecular complexity index is 821. The van der Waals surface area contributed by atoms with Gasteiger partial charge >= 0.3 is 0 Å². The number of hydrogen-bond donors (Lipinski definition) is 3. The molecule has 4 N–H and O–H groups in total. The van der Waals surface area contributed by atoms with Gasteiger partial charge in [0.1, 0.15) is 17.2 Å². The summed E-state index contributed by atoms with van der Waals surface area (Å²) < 4.78 is 13.3. The number of pyridine rings is 2. The smallest absolute Gasteiger partial charge is 0.180 e. The highest BCUT2D eigenvalue weighted by Crippen LogP contribution is 2.28. The quantitative estimate of drug-likeness (QED) is 0.626. The number of aromatic nitrogens is 2. The van der Waals surface area contributed by atoms with Crippen molar-refractivity contribution in [2.75, 3.05) is 5.73 Å². The van der Waals surface area contributed by atoms with Gasteiger partial charge in [0.05, 0.1) is 5.69 Å². The molecule has 0 aliphatic rings. The molecule has 5 nitrogen and oxygen atoms in total. The molecule has 2 aromatic heterocycles. The minimum Gasteiger partial charge on any atom is -0.382 e. The average molecular weight is 285 g/mol. The van der Waals surface area contributed by atoms with Crippen LogP contribution in [0.4, 0.5) is 10.2 Å². The Morgan fingerprint density at radius 3 is 2.67 bits per heavy atom. The molecule has 0 radical (unpaired) electrons. The summed E-state index contributed by atoms with van der Waals surface area (Å²) in [6.45, 7) is 0. The predicted octanol–water partition coefficient (Wildman–Crippen LogP) is 2.00. The van der Waals surface area contributed by atoms with Gasteiger partial charge in [-0.3, -0.25) is 0 Å². The van der Waals surface area contributed by atoms with Crippen molar-refractivity contribution in [3.63, 3.8) is 0 Å². The summed E-state index contributed by atoms with van der Waals surface area (Å²) >= 11 is 0. The minimum absolute atomic E-state index is 0.174. The topological polar surface area (TPSA) is 92.3 Å². The molecule has 21 heavy (non-hydrogen) atoms. The number of hydrogen-bond acceptors (Lipinski definition) is 5. The molecule has 0 fully saturated rings. The Balaban J connectivity index is 2.23. The fourth-order valence-electron chi connectivity index (χ4n) is 2.17. The van der Waals surface area contributed by atoms with Crippen molar-refractivity contribution in [2.45, 2.75) is 6.29 Å². The number of fused-ring (bicyclic) bond motifs is 1. The van der Waals surface area contributed by atoms with Crippen LogP contribution in [0.2, 0.25) is 0 Å². The van der Waals surface area contributed by atoms with Crippen LogP contribution in [0.15, 0.2) is 42.6 Å². The van der Waals surface area contributed by atoms with E-state index in [0.29, 0.717) is 22.2 Å². The van der Waals surface area contributed by atoms with Gasteiger partial charge in [0.25, 0.3) is 0 Å². The third kappa shape index (κ3) is 2.42. The van der Waals surface area contributed by atoms with Gasteiger partial charge in [0.2, 0.25) is 0 Å². The second-order valence-electron chi connectivity index (χ2n) is 4.58. The van der Waals surface area contributed by atoms with E-state index in [0.717, 1.165) is 0 Å². The number of nitrogen functional groups attached to an aromatic ring is 1. The van der Waals surface area contributed by atoms with Crippen LogP contribution in [0.5, 0.6) is 0 Å². The number of halogens is 1. The lowest BCUT2D eigenvalue weighted by Crippen LogP contribution is -2.02. The van der Waals surface area contributed by atoms with E-state index in [1.54, 1.807) is 24.3 Å². The molecule has 0 saturated heterocycles. The van der Waals surface area contributed by atoms with Crippen molar-refractivity contribution in [1.82, 2.24) is 9.97 Å². The molecule has 0 aliphatic heterocycles. The largest absolute Gasteiger partial charge is 0.382 e. The molecule has 3 rings (SSSR count). The zero-order valence-corrected chi connectivity index (χ0v) is 10.9. The second-order valence-corrected chi connectivity index (χ2v) is 4.58. The van der Waals surface area contributed by atoms with Crippen LogP contribution in [0.3, 0.4) is 0 Å². The molecular weight excluding hydrogens is 273 g/mol. The van der Waals surface area contributed by atoms with Gasteiger partial charge in [-0.2, -0.15) is 0 Å². The molecule has 0 unspecified atom stereocenters. The van der Waals surface area contributed by atoms with E-state index in [1.165, 1.54) is 18.3 Å². The normalized spacial score (nSPS) is 11.2. The number of aliphatic hydroxyl groups is 2. The van der Waals surface area contributed by atoms with Crippen molar-refractivity contribution in [2.24, 2.45) is 0 Å². The maximum atomic E-state index is 13.3. The highest BCUT2D eigenvalue weighted by atomic mass is 19.1. The van der Waals surface area contributed by atoms with Crippen LogP contribution >= 0.6 is 0 Å². The molecule has 0 atom stereocenters. The van der Waals surface area contributed by atoms with Gasteiger partial charge in [-0.15, -0.1) is 0 Å². The van der Waals surface area contributed by atoms with Gasteiger partial charge in [-0.1, -0.05) is 12.1 Å². The molecule has 3 aromatic rings. The second kappa shape index (κ2) is 5.08. The molecule has 1 aromatic carbocycles. The first-order valence-electron chi connectivity index (χ1n) is 6.23. The summed E-state index contributed by atoms with van der Waals surface area (Å²) in [5, 5.41) is 19.2. The Labute approximate surface area is 119 Å². The lowest BCUT2D eigenvalue weighted by atomic mass is 10.1. The molecule has 0 amide bonds. The third-order valence-electron chi connectivity index (χ3n) is 3.19. The zero-order chi connectivity index (χ0) is 15.0. The Morgan fingerprint density at radius 2 is 1.95 bits per heavy atom. The SMILES string of the molecule is Nc1ncc(C(O)O)c2ccc(-c3cccc(F)c3)nc12. The molecule has 6 heteroatoms. The summed E-state index contributed by atoms with van der Waals surface area (Å²) in [6, 6.07) is 9.36. The first-order valence-corrected chi connectivity index (χ1v) is 6.23. The summed E-state index contributed by atoms with van der Waals surface area (Å²) in [5.74, 6) is -0.187. The highest BCUT2D eigenvalue weighted by Gasteiger charge is 2.13. The standard InChI is InChI=1S/C15H12FN3O2/c16-9-3-1-2-8(6-9)12-5-4-10-11(15(20)21)7-18-14(17)13(10)19-12/h1-7,15,20-21H,(H2,17,18). The Morgan fingerprint density at radius 1 is 1.14 bits per heavy atom. The van der Waals surface area contributed by atoms with Gasteiger partial charge in [0, 0.05) is 22.7 Å². The van der Waals surface area contributed by atoms with E-state index < -0.39 is 6.29 Å². The number of benzene rings is 1. The van der Waals surface area contributed by atoms with Crippen LogP contribution in [0, 0.1) is 5.82 Å². The van der Waals surface area contributed by atoms with E-state index >= 15 is 0 Å². The molecule has 106 valence electrons. The van der Waals surface area contributed by atoms with Crippen LogP contribution in [-0.4, -0.2) is 20.2 Å². The number of nitrogens with zero attached hydrogens (tertiary/aromatic N) is 2. The van der Waals surface area contributed by atoms with E-state index in [1.807, 2.05) is 0 Å². The van der Waals surface area contributed by atoms with Gasteiger partial charge in [-0.25, -0.2) is 14.4 Å². The average Bonchev–Trinajstić information content (AvgIpc) is 2.47. The molecule has 0 aliphatic carbocycles. The Kier molecular flexibility index (Phi) is 3.25. The van der Waals surface area contributed by atoms with Crippen molar-refractivity contribution < 1.29 is 14.6 Å². The summed E-state index contributed by atoms with van der Waals surface area (Å²) in [7, 11) is 0. The predicted molar refractivity (Wildman–Crippen MR) is 76.5 cm³/mol. The minimum atomic E-state index is -1.66. The zero-order valence-electron chi connectivity index (χ0n) is 10.9. The summed E-state index contributed by atoms with van der Waals surface area (Å²) in [4.78, 5) is 8.25. The van der Waals surface area contributed by atoms with Crippen molar-refractivity contribution >= 4 is 16.7 Å². The van der Waals surface area contributed by atoms with Crippen LogP contribution in [0.25, 0.3) is 22.2 Å². The van der Waals surface area contributed by atoms with E-state index in [2.05, 4.69) is 9.97 Å². The van der Waals surface area contributed by atoms with Crippen LogP contribution in [0.1, 0.15) is 11.9 Å². The van der Waals surface area contributed by atoms with Gasteiger partial charge in [0.15, 0.2) is 6.29 Å². The summed E-state index contributed by atoms with van der Waals surface area (Å²) in [5.41, 5.74) is 7.49. The lowest BCUT2D eigenvalue weighted by Gasteiger charge is -2.10. The molecule has 2 heterocycles. The fraction of sp³-hybridized carbons (Fsp3) is 0.0667. The maximum Gasteiger partial charge on any atom is 0.180 e. The maximum absolute atomic E-state index is 13.3. The fourth-order valence-corrected chi connectivity index (χ4v) is 2.17. The van der Waals surface area contributed by atoms with Crippen molar-refractivity contribution in [3.05, 3.63) is 54.0 Å². The molecule has 0 spiro atoms. The first-order chi connectivity index (χ1) is 10.1. The van der Waals surface area contributed by atoms with E-state index in [4.69, 9.17) is 5.73 Å². The number of anilines is 1. The monoisotopic (exact) mass is 285 g/mol. The highest BCUT2D eigenvalue weighted by molar-refractivity contribution is 5.91. The van der Waals surface area contributed by atoms with E-state index in [-0.39, 0.29) is 17.2 Å². The van der Waals surface area contributed by atoms with Gasteiger partial charge in [-0.05, 0) is 24.3 Å². The molecular formula is C15H12FN3O2. The third-order valence-corrected chi connectivity index (χ3v) is 3.19. The number of nitrogens with two attached hydrogens (primary N) is 1. The Hall–Kier alpha value is -2.57. The van der Waals surface area contributed by atoms with E-state index in [9.17, 15) is 14.6 Å². The van der Waals surface area contributed by atoms with Crippen LogP contribution in [-0.2, 0) is 0 Å². The molecule has 0 bridgehead atoms. The first kappa shape index (κ1) is 13.4. The van der Waals surface area contributed by atoms with Gasteiger partial charge < -0.3 is 15.9 Å². The summed E-state index contributed by atoms with van der Waals surface area (Å²) in [6.07, 6.45) is -0.367. The van der Waals surface area contributed by atoms with Crippen molar-refractivity contribution in [1.29, 1.82) is 0 Å². The number of rotatable bonds is 2. The number of aliphatic hydroxyl groups excluding tert-OH is 1.